The van der Waals surface area contributed by atoms with E-state index in [1.807, 2.05) is 18.2 Å². The van der Waals surface area contributed by atoms with Gasteiger partial charge in [-0.25, -0.2) is 9.36 Å². The van der Waals surface area contributed by atoms with Gasteiger partial charge in [0, 0.05) is 26.3 Å². The maximum atomic E-state index is 12.3. The highest BCUT2D eigenvalue weighted by molar-refractivity contribution is 9.10. The first kappa shape index (κ1) is 17.7. The van der Waals surface area contributed by atoms with E-state index in [-0.39, 0.29) is 5.56 Å². The molecule has 1 aliphatic rings. The number of hydrogen-bond acceptors (Lipinski definition) is 4. The number of rotatable bonds is 2. The van der Waals surface area contributed by atoms with E-state index >= 15 is 0 Å². The largest absolute Gasteiger partial charge is 0.494 e. The fraction of sp³-hybridized carbons (Fsp3) is 0. The first-order chi connectivity index (χ1) is 12.9. The highest BCUT2D eigenvalue weighted by Gasteiger charge is 2.18. The third-order valence-electron chi connectivity index (χ3n) is 4.10. The Morgan fingerprint density at radius 1 is 1.07 bits per heavy atom. The number of aliphatic imine (C=N–C) groups is 1. The summed E-state index contributed by atoms with van der Waals surface area (Å²) in [6.07, 6.45) is 3.13. The van der Waals surface area contributed by atoms with Crippen LogP contribution in [0.3, 0.4) is 0 Å². The minimum Gasteiger partial charge on any atom is -0.494 e. The van der Waals surface area contributed by atoms with Crippen LogP contribution in [0.2, 0.25) is 0 Å². The smallest absolute Gasteiger partial charge is 0.335 e. The second-order valence-corrected chi connectivity index (χ2v) is 7.66. The van der Waals surface area contributed by atoms with Crippen LogP contribution in [0, 0.1) is 0 Å². The van der Waals surface area contributed by atoms with Crippen molar-refractivity contribution in [1.82, 2.24) is 9.55 Å². The van der Waals surface area contributed by atoms with Crippen LogP contribution in [0.5, 0.6) is 5.88 Å². The Morgan fingerprint density at radius 3 is 2.63 bits per heavy atom. The Balaban J connectivity index is 1.93. The molecule has 0 aliphatic carbocycles. The summed E-state index contributed by atoms with van der Waals surface area (Å²) in [7, 11) is 0. The van der Waals surface area contributed by atoms with Crippen LogP contribution in [0.15, 0.2) is 66.0 Å². The van der Waals surface area contributed by atoms with Gasteiger partial charge in [-0.3, -0.25) is 14.8 Å². The SMILES string of the molecule is O=c1[nH]c(=O)n(-c2cccc(Br)c2)c(O)c1/C=C1\C=Nc2ccc(Br)cc21. The van der Waals surface area contributed by atoms with Gasteiger partial charge in [-0.05, 0) is 42.5 Å². The standard InChI is InChI=1S/C19H11Br2N3O3/c20-11-2-1-3-13(7-11)24-18(26)15(17(25)23-19(24)27)6-10-9-22-16-5-4-12(21)8-14(10)16/h1-9,26H,(H,23,25,27)/b10-6+. The molecule has 27 heavy (non-hydrogen) atoms. The summed E-state index contributed by atoms with van der Waals surface area (Å²) in [6, 6.07) is 12.4. The zero-order valence-corrected chi connectivity index (χ0v) is 16.8. The van der Waals surface area contributed by atoms with E-state index < -0.39 is 17.1 Å². The third kappa shape index (κ3) is 3.22. The van der Waals surface area contributed by atoms with Gasteiger partial charge in [0.2, 0.25) is 5.88 Å². The van der Waals surface area contributed by atoms with Crippen molar-refractivity contribution >= 4 is 55.4 Å². The van der Waals surface area contributed by atoms with Gasteiger partial charge in [0.15, 0.2) is 0 Å². The summed E-state index contributed by atoms with van der Waals surface area (Å²) in [5.74, 6) is -0.439. The van der Waals surface area contributed by atoms with Crippen LogP contribution < -0.4 is 11.2 Å². The lowest BCUT2D eigenvalue weighted by molar-refractivity contribution is 0.429. The molecule has 2 aromatic carbocycles. The molecular formula is C19H11Br2N3O3. The zero-order valence-electron chi connectivity index (χ0n) is 13.6. The number of nitrogens with one attached hydrogen (secondary N) is 1. The van der Waals surface area contributed by atoms with Crippen LogP contribution in [-0.2, 0) is 0 Å². The van der Waals surface area contributed by atoms with E-state index in [1.54, 1.807) is 30.5 Å². The molecule has 0 bridgehead atoms. The van der Waals surface area contributed by atoms with Crippen LogP contribution in [0.1, 0.15) is 11.1 Å². The molecule has 0 radical (unpaired) electrons. The second kappa shape index (κ2) is 6.79. The van der Waals surface area contributed by atoms with Gasteiger partial charge in [0.25, 0.3) is 5.56 Å². The van der Waals surface area contributed by atoms with E-state index in [1.165, 1.54) is 6.08 Å². The van der Waals surface area contributed by atoms with Gasteiger partial charge in [0.05, 0.1) is 11.4 Å². The average Bonchev–Trinajstić information content (AvgIpc) is 3.00. The van der Waals surface area contributed by atoms with Crippen LogP contribution in [-0.4, -0.2) is 20.9 Å². The lowest BCUT2D eigenvalue weighted by atomic mass is 10.1. The van der Waals surface area contributed by atoms with Crippen molar-refractivity contribution in [2.24, 2.45) is 4.99 Å². The number of fused-ring (bicyclic) bond motifs is 1. The number of aromatic hydroxyl groups is 1. The summed E-state index contributed by atoms with van der Waals surface area (Å²) in [5, 5.41) is 10.7. The molecule has 8 heteroatoms. The van der Waals surface area contributed by atoms with Gasteiger partial charge in [-0.1, -0.05) is 37.9 Å². The van der Waals surface area contributed by atoms with Gasteiger partial charge in [-0.2, -0.15) is 0 Å². The quantitative estimate of drug-likeness (QED) is 0.571. The molecular weight excluding hydrogens is 478 g/mol. The number of allylic oxidation sites excluding steroid dienone is 1. The Morgan fingerprint density at radius 2 is 1.85 bits per heavy atom. The summed E-state index contributed by atoms with van der Waals surface area (Å²) >= 11 is 6.75. The number of hydrogen-bond donors (Lipinski definition) is 2. The van der Waals surface area contributed by atoms with E-state index in [4.69, 9.17) is 0 Å². The van der Waals surface area contributed by atoms with Crippen molar-refractivity contribution in [3.63, 3.8) is 0 Å². The molecule has 0 unspecified atom stereocenters. The third-order valence-corrected chi connectivity index (χ3v) is 5.09. The van der Waals surface area contributed by atoms with E-state index in [2.05, 4.69) is 41.8 Å². The predicted octanol–water partition coefficient (Wildman–Crippen LogP) is 4.01. The Labute approximate surface area is 169 Å². The molecule has 0 amide bonds. The van der Waals surface area contributed by atoms with E-state index in [0.29, 0.717) is 11.3 Å². The van der Waals surface area contributed by atoms with Crippen LogP contribution >= 0.6 is 31.9 Å². The maximum absolute atomic E-state index is 12.3. The molecule has 6 nitrogen and oxygen atoms in total. The molecule has 2 heterocycles. The van der Waals surface area contributed by atoms with Crippen LogP contribution in [0.4, 0.5) is 5.69 Å². The van der Waals surface area contributed by atoms with Crippen molar-refractivity contribution in [1.29, 1.82) is 0 Å². The molecule has 0 spiro atoms. The average molecular weight is 489 g/mol. The molecule has 1 aliphatic heterocycles. The summed E-state index contributed by atoms with van der Waals surface area (Å²) in [5.41, 5.74) is 1.25. The van der Waals surface area contributed by atoms with Crippen molar-refractivity contribution in [2.45, 2.75) is 0 Å². The molecule has 1 aromatic heterocycles. The molecule has 4 rings (SSSR count). The van der Waals surface area contributed by atoms with Crippen LogP contribution in [0.25, 0.3) is 17.3 Å². The van der Waals surface area contributed by atoms with Gasteiger partial charge in [-0.15, -0.1) is 0 Å². The minimum absolute atomic E-state index is 0.0242. The zero-order chi connectivity index (χ0) is 19.1. The number of H-pyrrole nitrogens is 1. The van der Waals surface area contributed by atoms with Gasteiger partial charge >= 0.3 is 5.69 Å². The van der Waals surface area contributed by atoms with Gasteiger partial charge < -0.3 is 5.11 Å². The normalized spacial score (nSPS) is 13.9. The second-order valence-electron chi connectivity index (χ2n) is 5.83. The first-order valence-electron chi connectivity index (χ1n) is 7.84. The number of aromatic amines is 1. The van der Waals surface area contributed by atoms with E-state index in [9.17, 15) is 14.7 Å². The molecule has 3 aromatic rings. The minimum atomic E-state index is -0.721. The van der Waals surface area contributed by atoms with Gasteiger partial charge in [0.1, 0.15) is 5.56 Å². The maximum Gasteiger partial charge on any atom is 0.335 e. The molecule has 0 atom stereocenters. The first-order valence-corrected chi connectivity index (χ1v) is 9.42. The summed E-state index contributed by atoms with van der Waals surface area (Å²) in [6.45, 7) is 0. The fourth-order valence-electron chi connectivity index (χ4n) is 2.85. The lowest BCUT2D eigenvalue weighted by Gasteiger charge is -2.10. The monoisotopic (exact) mass is 487 g/mol. The topological polar surface area (TPSA) is 87.5 Å². The molecule has 2 N–H and O–H groups in total. The molecule has 0 fully saturated rings. The highest BCUT2D eigenvalue weighted by Crippen LogP contribution is 2.35. The summed E-state index contributed by atoms with van der Waals surface area (Å²) < 4.78 is 2.65. The summed E-state index contributed by atoms with van der Waals surface area (Å²) in [4.78, 5) is 31.2. The Kier molecular flexibility index (Phi) is 4.45. The molecule has 0 saturated carbocycles. The predicted molar refractivity (Wildman–Crippen MR) is 112 cm³/mol. The Bertz CT molecular complexity index is 1260. The number of aromatic nitrogens is 2. The van der Waals surface area contributed by atoms with Crippen molar-refractivity contribution in [3.8, 4) is 11.6 Å². The fourth-order valence-corrected chi connectivity index (χ4v) is 3.60. The lowest BCUT2D eigenvalue weighted by Crippen LogP contribution is -2.30. The molecule has 134 valence electrons. The number of benzene rings is 2. The highest BCUT2D eigenvalue weighted by atomic mass is 79.9. The van der Waals surface area contributed by atoms with Crippen molar-refractivity contribution in [3.05, 3.63) is 83.4 Å². The number of nitrogens with zero attached hydrogens (tertiary/aromatic N) is 2. The molecule has 0 saturated heterocycles. The Hall–Kier alpha value is -2.71. The van der Waals surface area contributed by atoms with Crippen molar-refractivity contribution < 1.29 is 5.11 Å². The van der Waals surface area contributed by atoms with Crippen molar-refractivity contribution in [2.75, 3.05) is 0 Å². The number of halogens is 2. The van der Waals surface area contributed by atoms with E-state index in [0.717, 1.165) is 24.8 Å².